The Morgan fingerprint density at radius 2 is 1.97 bits per heavy atom. The largest absolute Gasteiger partial charge is 0.469 e. The summed E-state index contributed by atoms with van der Waals surface area (Å²) in [6.45, 7) is 0.525. The Kier molecular flexibility index (Phi) is 6.60. The van der Waals surface area contributed by atoms with Gasteiger partial charge >= 0.3 is 5.97 Å². The lowest BCUT2D eigenvalue weighted by Gasteiger charge is -2.22. The van der Waals surface area contributed by atoms with E-state index in [-0.39, 0.29) is 15.3 Å². The van der Waals surface area contributed by atoms with Crippen molar-refractivity contribution in [1.29, 1.82) is 0 Å². The molecule has 1 N–H and O–H groups in total. The summed E-state index contributed by atoms with van der Waals surface area (Å²) >= 11 is 3.10. The fourth-order valence-corrected chi connectivity index (χ4v) is 5.38. The molecule has 3 rings (SSSR count). The first-order valence-electron chi connectivity index (χ1n) is 9.14. The van der Waals surface area contributed by atoms with Gasteiger partial charge in [-0.2, -0.15) is 0 Å². The number of benzene rings is 2. The lowest BCUT2D eigenvalue weighted by atomic mass is 9.96. The third-order valence-corrected chi connectivity index (χ3v) is 7.41. The number of halogens is 2. The van der Waals surface area contributed by atoms with Gasteiger partial charge in [-0.15, -0.1) is 0 Å². The van der Waals surface area contributed by atoms with Crippen molar-refractivity contribution in [3.8, 4) is 0 Å². The van der Waals surface area contributed by atoms with Crippen LogP contribution in [0.4, 0.5) is 10.1 Å². The van der Waals surface area contributed by atoms with E-state index < -0.39 is 21.9 Å². The zero-order chi connectivity index (χ0) is 21.2. The van der Waals surface area contributed by atoms with Crippen LogP contribution in [-0.4, -0.2) is 35.1 Å². The number of nitrogens with zero attached hydrogens (tertiary/aromatic N) is 1. The van der Waals surface area contributed by atoms with Crippen LogP contribution in [0, 0.1) is 5.82 Å². The quantitative estimate of drug-likeness (QED) is 0.499. The predicted octanol–water partition coefficient (Wildman–Crippen LogP) is 3.75. The fourth-order valence-electron chi connectivity index (χ4n) is 3.42. The maximum atomic E-state index is 14.4. The molecule has 1 heterocycles. The maximum Gasteiger partial charge on any atom is 0.305 e. The van der Waals surface area contributed by atoms with E-state index in [9.17, 15) is 17.6 Å². The van der Waals surface area contributed by atoms with Gasteiger partial charge in [0.25, 0.3) is 10.0 Å². The third-order valence-electron chi connectivity index (χ3n) is 4.97. The average molecular weight is 485 g/mol. The molecule has 1 aliphatic heterocycles. The molecule has 156 valence electrons. The predicted molar refractivity (Wildman–Crippen MR) is 112 cm³/mol. The van der Waals surface area contributed by atoms with Crippen LogP contribution in [0.5, 0.6) is 0 Å². The average Bonchev–Trinajstić information content (AvgIpc) is 2.77. The lowest BCUT2D eigenvalue weighted by molar-refractivity contribution is -0.140. The van der Waals surface area contributed by atoms with E-state index in [1.54, 1.807) is 12.1 Å². The van der Waals surface area contributed by atoms with Crippen LogP contribution >= 0.6 is 15.9 Å². The van der Waals surface area contributed by atoms with Gasteiger partial charge in [0, 0.05) is 13.5 Å². The second kappa shape index (κ2) is 8.81. The van der Waals surface area contributed by atoms with E-state index in [0.717, 1.165) is 5.56 Å². The molecular formula is C20H22BrFN2O4S. The molecular weight excluding hydrogens is 463 g/mol. The third kappa shape index (κ3) is 4.31. The first kappa shape index (κ1) is 21.7. The monoisotopic (exact) mass is 484 g/mol. The number of hydrogen-bond acceptors (Lipinski definition) is 5. The Hall–Kier alpha value is -1.97. The fraction of sp³-hybridized carbons (Fsp3) is 0.350. The number of nitrogens with one attached hydrogen (secondary N) is 1. The minimum atomic E-state index is -3.86. The zero-order valence-electron chi connectivity index (χ0n) is 16.1. The Morgan fingerprint density at radius 3 is 2.69 bits per heavy atom. The summed E-state index contributed by atoms with van der Waals surface area (Å²) in [6, 6.07) is 9.23. The van der Waals surface area contributed by atoms with Crippen LogP contribution in [0.2, 0.25) is 0 Å². The van der Waals surface area contributed by atoms with E-state index in [2.05, 4.69) is 26.0 Å². The van der Waals surface area contributed by atoms with Crippen molar-refractivity contribution in [2.75, 3.05) is 25.0 Å². The van der Waals surface area contributed by atoms with Crippen LogP contribution in [0.3, 0.4) is 0 Å². The number of hydrogen-bond donors (Lipinski definition) is 1. The number of unbranched alkanes of at least 4 members (excludes halogenated alkanes) is 1. The molecule has 0 spiro atoms. The summed E-state index contributed by atoms with van der Waals surface area (Å²) in [5.41, 5.74) is 1.63. The molecule has 0 aromatic heterocycles. The van der Waals surface area contributed by atoms with Gasteiger partial charge in [0.1, 0.15) is 5.82 Å². The van der Waals surface area contributed by atoms with Crippen LogP contribution in [0.15, 0.2) is 45.8 Å². The highest BCUT2D eigenvalue weighted by molar-refractivity contribution is 9.10. The van der Waals surface area contributed by atoms with Crippen LogP contribution in [0.1, 0.15) is 36.4 Å². The molecule has 29 heavy (non-hydrogen) atoms. The molecule has 0 saturated heterocycles. The van der Waals surface area contributed by atoms with E-state index >= 15 is 0 Å². The zero-order valence-corrected chi connectivity index (χ0v) is 18.5. The topological polar surface area (TPSA) is 75.7 Å². The molecule has 0 radical (unpaired) electrons. The Morgan fingerprint density at radius 1 is 1.24 bits per heavy atom. The molecule has 6 nitrogen and oxygen atoms in total. The van der Waals surface area contributed by atoms with Crippen LogP contribution in [-0.2, 0) is 19.6 Å². The van der Waals surface area contributed by atoms with E-state index in [1.807, 2.05) is 12.1 Å². The number of carbonyl (C=O) groups excluding carboxylic acids is 1. The molecule has 0 fully saturated rings. The van der Waals surface area contributed by atoms with Crippen molar-refractivity contribution in [1.82, 2.24) is 5.32 Å². The summed E-state index contributed by atoms with van der Waals surface area (Å²) in [6.07, 6.45) is 1.63. The highest BCUT2D eigenvalue weighted by Gasteiger charge is 2.35. The number of sulfonamides is 1. The lowest BCUT2D eigenvalue weighted by Crippen LogP contribution is -2.26. The minimum Gasteiger partial charge on any atom is -0.469 e. The van der Waals surface area contributed by atoms with Crippen molar-refractivity contribution in [3.63, 3.8) is 0 Å². The normalized spacial score (nSPS) is 17.2. The Labute approximate surface area is 178 Å². The smallest absolute Gasteiger partial charge is 0.305 e. The number of esters is 1. The van der Waals surface area contributed by atoms with Gasteiger partial charge in [0.05, 0.1) is 28.2 Å². The Bertz CT molecular complexity index is 1030. The van der Waals surface area contributed by atoms with E-state index in [0.29, 0.717) is 37.1 Å². The molecule has 0 saturated carbocycles. The summed E-state index contributed by atoms with van der Waals surface area (Å²) in [5, 5.41) is 3.35. The number of rotatable bonds is 6. The first-order valence-corrected chi connectivity index (χ1v) is 11.4. The number of para-hydroxylation sites is 1. The number of fused-ring (bicyclic) bond motifs is 2. The molecule has 1 atom stereocenters. The molecule has 1 aliphatic rings. The summed E-state index contributed by atoms with van der Waals surface area (Å²) in [7, 11) is -1.01. The molecule has 2 aromatic carbocycles. The number of carbonyl (C=O) groups is 1. The van der Waals surface area contributed by atoms with Gasteiger partial charge in [0.2, 0.25) is 0 Å². The summed E-state index contributed by atoms with van der Waals surface area (Å²) < 4.78 is 46.7. The van der Waals surface area contributed by atoms with Gasteiger partial charge in [-0.1, -0.05) is 18.2 Å². The molecule has 0 aliphatic carbocycles. The molecule has 2 aromatic rings. The van der Waals surface area contributed by atoms with Crippen molar-refractivity contribution < 1.29 is 22.3 Å². The highest BCUT2D eigenvalue weighted by Crippen LogP contribution is 2.41. The number of ether oxygens (including phenoxy) is 1. The van der Waals surface area contributed by atoms with Gasteiger partial charge in [-0.25, -0.2) is 12.8 Å². The van der Waals surface area contributed by atoms with E-state index in [4.69, 9.17) is 0 Å². The highest BCUT2D eigenvalue weighted by atomic mass is 79.9. The first-order chi connectivity index (χ1) is 13.8. The summed E-state index contributed by atoms with van der Waals surface area (Å²) in [5.74, 6) is -0.798. The molecule has 0 amide bonds. The number of methoxy groups -OCH3 is 1. The maximum absolute atomic E-state index is 14.4. The second-order valence-corrected chi connectivity index (χ2v) is 9.55. The van der Waals surface area contributed by atoms with Crippen molar-refractivity contribution in [2.45, 2.75) is 30.2 Å². The standard InChI is InChI=1S/C20H22BrFN2O4S/c1-24-17-8-4-3-7-13(17)20(23-10-6-5-9-19(25)28-2)14-11-16(22)15(21)12-18(14)29(24,26)27/h3-4,7-8,11-12,20,23H,5-6,9-10H2,1-2H3. The number of anilines is 1. The molecule has 1 unspecified atom stereocenters. The van der Waals surface area contributed by atoms with Crippen molar-refractivity contribution in [3.05, 3.63) is 57.8 Å². The van der Waals surface area contributed by atoms with Gasteiger partial charge in [-0.3, -0.25) is 9.10 Å². The minimum absolute atomic E-state index is 0.0523. The van der Waals surface area contributed by atoms with Crippen molar-refractivity contribution >= 4 is 37.6 Å². The summed E-state index contributed by atoms with van der Waals surface area (Å²) in [4.78, 5) is 11.3. The Balaban J connectivity index is 2.00. The molecule has 9 heteroatoms. The van der Waals surface area contributed by atoms with Crippen LogP contribution in [0.25, 0.3) is 0 Å². The second-order valence-electron chi connectivity index (χ2n) is 6.76. The van der Waals surface area contributed by atoms with Crippen molar-refractivity contribution in [2.24, 2.45) is 0 Å². The SMILES string of the molecule is COC(=O)CCCCNC1c2ccccc2N(C)S(=O)(=O)c2cc(Br)c(F)cc21. The molecule has 0 bridgehead atoms. The van der Waals surface area contributed by atoms with Gasteiger partial charge in [0.15, 0.2) is 0 Å². The van der Waals surface area contributed by atoms with Gasteiger partial charge in [-0.05, 0) is 64.6 Å². The van der Waals surface area contributed by atoms with Crippen LogP contribution < -0.4 is 9.62 Å². The van der Waals surface area contributed by atoms with E-state index in [1.165, 1.54) is 30.6 Å². The van der Waals surface area contributed by atoms with Gasteiger partial charge < -0.3 is 10.1 Å².